The van der Waals surface area contributed by atoms with Crippen LogP contribution in [0.1, 0.15) is 24.2 Å². The Kier molecular flexibility index (Phi) is 4.35. The Morgan fingerprint density at radius 2 is 1.75 bits per heavy atom. The molecule has 0 aliphatic rings. The molecule has 4 heteroatoms. The van der Waals surface area contributed by atoms with Gasteiger partial charge in [-0.2, -0.15) is 0 Å². The minimum Gasteiger partial charge on any atom is -0.494 e. The zero-order chi connectivity index (χ0) is 14.5. The van der Waals surface area contributed by atoms with Gasteiger partial charge in [-0.05, 0) is 50.2 Å². The first-order valence-corrected chi connectivity index (χ1v) is 6.32. The third kappa shape index (κ3) is 3.15. The average molecular weight is 274 g/mol. The molecule has 0 aromatic heterocycles. The molecule has 0 saturated heterocycles. The summed E-state index contributed by atoms with van der Waals surface area (Å²) in [4.78, 5) is 11.5. The molecule has 0 N–H and O–H groups in total. The molecule has 0 bridgehead atoms. The number of benzene rings is 2. The number of halogens is 1. The number of rotatable bonds is 5. The molecule has 0 radical (unpaired) electrons. The molecule has 0 spiro atoms. The Morgan fingerprint density at radius 1 is 1.10 bits per heavy atom. The van der Waals surface area contributed by atoms with E-state index in [0.29, 0.717) is 18.1 Å². The van der Waals surface area contributed by atoms with Crippen molar-refractivity contribution in [1.29, 1.82) is 0 Å². The van der Waals surface area contributed by atoms with Crippen LogP contribution in [-0.4, -0.2) is 12.4 Å². The molecule has 0 fully saturated rings. The Bertz CT molecular complexity index is 606. The summed E-state index contributed by atoms with van der Waals surface area (Å²) in [5, 5.41) is 0. The first-order chi connectivity index (χ1) is 9.61. The van der Waals surface area contributed by atoms with Gasteiger partial charge < -0.3 is 9.47 Å². The number of ether oxygens (including phenoxy) is 2. The van der Waals surface area contributed by atoms with Gasteiger partial charge in [0, 0.05) is 0 Å². The molecule has 0 saturated carbocycles. The van der Waals surface area contributed by atoms with Gasteiger partial charge in [-0.3, -0.25) is 4.79 Å². The second-order valence-electron chi connectivity index (χ2n) is 4.18. The topological polar surface area (TPSA) is 35.5 Å². The lowest BCUT2D eigenvalue weighted by Crippen LogP contribution is -1.99. The first kappa shape index (κ1) is 14.1. The van der Waals surface area contributed by atoms with E-state index in [1.54, 1.807) is 24.3 Å². The van der Waals surface area contributed by atoms with Gasteiger partial charge in [0.2, 0.25) is 0 Å². The van der Waals surface area contributed by atoms with Crippen LogP contribution in [0.15, 0.2) is 42.5 Å². The second-order valence-corrected chi connectivity index (χ2v) is 4.18. The largest absolute Gasteiger partial charge is 0.494 e. The maximum atomic E-state index is 13.8. The molecule has 20 heavy (non-hydrogen) atoms. The number of ketones is 1. The fourth-order valence-electron chi connectivity index (χ4n) is 1.78. The zero-order valence-electron chi connectivity index (χ0n) is 11.4. The van der Waals surface area contributed by atoms with Crippen LogP contribution in [-0.2, 0) is 0 Å². The van der Waals surface area contributed by atoms with Crippen LogP contribution < -0.4 is 9.47 Å². The van der Waals surface area contributed by atoms with E-state index in [1.807, 2.05) is 6.92 Å². The standard InChI is InChI=1S/C16H15FO3/c1-3-19-12-7-9-13(10-8-12)20-16-14(11(2)18)5-4-6-15(16)17/h4-10H,3H2,1-2H3. The number of carbonyl (C=O) groups is 1. The number of Topliss-reactive ketones (excluding diaryl/α,β-unsaturated/α-hetero) is 1. The molecule has 2 aromatic rings. The third-order valence-electron chi connectivity index (χ3n) is 2.70. The highest BCUT2D eigenvalue weighted by Gasteiger charge is 2.14. The highest BCUT2D eigenvalue weighted by molar-refractivity contribution is 5.96. The van der Waals surface area contributed by atoms with Crippen molar-refractivity contribution in [2.45, 2.75) is 13.8 Å². The summed E-state index contributed by atoms with van der Waals surface area (Å²) in [6.07, 6.45) is 0. The van der Waals surface area contributed by atoms with Crippen molar-refractivity contribution in [3.8, 4) is 17.2 Å². The lowest BCUT2D eigenvalue weighted by Gasteiger charge is -2.11. The van der Waals surface area contributed by atoms with Crippen molar-refractivity contribution >= 4 is 5.78 Å². The molecule has 2 aromatic carbocycles. The SMILES string of the molecule is CCOc1ccc(Oc2c(F)cccc2C(C)=O)cc1. The van der Waals surface area contributed by atoms with E-state index in [4.69, 9.17) is 9.47 Å². The smallest absolute Gasteiger partial charge is 0.173 e. The molecule has 0 atom stereocenters. The van der Waals surface area contributed by atoms with Gasteiger partial charge in [-0.1, -0.05) is 6.07 Å². The number of hydrogen-bond donors (Lipinski definition) is 0. The van der Waals surface area contributed by atoms with Crippen LogP contribution in [0.25, 0.3) is 0 Å². The van der Waals surface area contributed by atoms with Crippen molar-refractivity contribution in [3.05, 3.63) is 53.8 Å². The summed E-state index contributed by atoms with van der Waals surface area (Å²) in [7, 11) is 0. The van der Waals surface area contributed by atoms with Gasteiger partial charge >= 0.3 is 0 Å². The molecule has 0 heterocycles. The molecule has 104 valence electrons. The summed E-state index contributed by atoms with van der Waals surface area (Å²) in [5.41, 5.74) is 0.221. The number of para-hydroxylation sites is 1. The van der Waals surface area contributed by atoms with E-state index >= 15 is 0 Å². The first-order valence-electron chi connectivity index (χ1n) is 6.32. The van der Waals surface area contributed by atoms with Crippen LogP contribution in [0.2, 0.25) is 0 Å². The van der Waals surface area contributed by atoms with Crippen LogP contribution in [0.4, 0.5) is 4.39 Å². The Morgan fingerprint density at radius 3 is 2.35 bits per heavy atom. The molecule has 2 rings (SSSR count). The maximum Gasteiger partial charge on any atom is 0.173 e. The summed E-state index contributed by atoms with van der Waals surface area (Å²) in [6, 6.07) is 11.1. The molecule has 0 aliphatic carbocycles. The third-order valence-corrected chi connectivity index (χ3v) is 2.70. The van der Waals surface area contributed by atoms with E-state index in [-0.39, 0.29) is 17.1 Å². The minimum absolute atomic E-state index is 0.0517. The van der Waals surface area contributed by atoms with Crippen LogP contribution >= 0.6 is 0 Å². The predicted molar refractivity (Wildman–Crippen MR) is 74.1 cm³/mol. The van der Waals surface area contributed by atoms with Crippen molar-refractivity contribution in [2.75, 3.05) is 6.61 Å². The summed E-state index contributed by atoms with van der Waals surface area (Å²) in [6.45, 7) is 3.84. The normalized spacial score (nSPS) is 10.2. The summed E-state index contributed by atoms with van der Waals surface area (Å²) >= 11 is 0. The van der Waals surface area contributed by atoms with Crippen molar-refractivity contribution in [1.82, 2.24) is 0 Å². The zero-order valence-corrected chi connectivity index (χ0v) is 11.4. The minimum atomic E-state index is -0.563. The second kappa shape index (κ2) is 6.19. The van der Waals surface area contributed by atoms with E-state index < -0.39 is 5.82 Å². The van der Waals surface area contributed by atoms with Crippen molar-refractivity contribution in [2.24, 2.45) is 0 Å². The molecule has 0 unspecified atom stereocenters. The fourth-order valence-corrected chi connectivity index (χ4v) is 1.78. The predicted octanol–water partition coefficient (Wildman–Crippen LogP) is 4.22. The Labute approximate surface area is 117 Å². The van der Waals surface area contributed by atoms with Gasteiger partial charge in [0.15, 0.2) is 17.3 Å². The van der Waals surface area contributed by atoms with E-state index in [1.165, 1.54) is 25.1 Å². The summed E-state index contributed by atoms with van der Waals surface area (Å²) < 4.78 is 24.6. The van der Waals surface area contributed by atoms with Gasteiger partial charge in [0.1, 0.15) is 11.5 Å². The fraction of sp³-hybridized carbons (Fsp3) is 0.188. The molecule has 0 aliphatic heterocycles. The highest BCUT2D eigenvalue weighted by atomic mass is 19.1. The van der Waals surface area contributed by atoms with Crippen LogP contribution in [0.5, 0.6) is 17.2 Å². The van der Waals surface area contributed by atoms with Crippen molar-refractivity contribution < 1.29 is 18.7 Å². The quantitative estimate of drug-likeness (QED) is 0.766. The van der Waals surface area contributed by atoms with E-state index in [2.05, 4.69) is 0 Å². The maximum absolute atomic E-state index is 13.8. The van der Waals surface area contributed by atoms with Gasteiger partial charge in [-0.25, -0.2) is 4.39 Å². The lowest BCUT2D eigenvalue weighted by molar-refractivity contribution is 0.101. The molecular weight excluding hydrogens is 259 g/mol. The summed E-state index contributed by atoms with van der Waals surface area (Å²) in [5.74, 6) is 0.294. The molecule has 3 nitrogen and oxygen atoms in total. The number of hydrogen-bond acceptors (Lipinski definition) is 3. The lowest BCUT2D eigenvalue weighted by atomic mass is 10.1. The van der Waals surface area contributed by atoms with Gasteiger partial charge in [-0.15, -0.1) is 0 Å². The van der Waals surface area contributed by atoms with Gasteiger partial charge in [0.25, 0.3) is 0 Å². The van der Waals surface area contributed by atoms with Crippen LogP contribution in [0.3, 0.4) is 0 Å². The van der Waals surface area contributed by atoms with Gasteiger partial charge in [0.05, 0.1) is 12.2 Å². The Balaban J connectivity index is 2.27. The van der Waals surface area contributed by atoms with E-state index in [9.17, 15) is 9.18 Å². The average Bonchev–Trinajstić information content (AvgIpc) is 2.43. The Hall–Kier alpha value is -2.36. The molecular formula is C16H15FO3. The monoisotopic (exact) mass is 274 g/mol. The van der Waals surface area contributed by atoms with Crippen LogP contribution in [0, 0.1) is 5.82 Å². The number of carbonyl (C=O) groups excluding carboxylic acids is 1. The van der Waals surface area contributed by atoms with E-state index in [0.717, 1.165) is 0 Å². The molecule has 0 amide bonds. The highest BCUT2D eigenvalue weighted by Crippen LogP contribution is 2.29. The van der Waals surface area contributed by atoms with Crippen molar-refractivity contribution in [3.63, 3.8) is 0 Å².